The van der Waals surface area contributed by atoms with E-state index in [2.05, 4.69) is 17.7 Å². The maximum Gasteiger partial charge on any atom is 0.341 e. The molecule has 0 fully saturated rings. The van der Waals surface area contributed by atoms with Gasteiger partial charge in [-0.3, -0.25) is 0 Å². The minimum Gasteiger partial charge on any atom is -0.494 e. The lowest BCUT2D eigenvalue weighted by molar-refractivity contribution is -0.895. The molecule has 0 aliphatic carbocycles. The van der Waals surface area contributed by atoms with Crippen LogP contribution in [0.1, 0.15) is 34.6 Å². The first kappa shape index (κ1) is 20.6. The highest BCUT2D eigenvalue weighted by Gasteiger charge is 2.29. The number of quaternary nitrogens is 1. The average Bonchev–Trinajstić information content (AvgIpc) is 3.00. The van der Waals surface area contributed by atoms with E-state index in [0.29, 0.717) is 23.9 Å². The third kappa shape index (κ3) is 4.81. The molecule has 0 amide bonds. The molecule has 0 saturated heterocycles. The molecule has 2 heterocycles. The van der Waals surface area contributed by atoms with Crippen molar-refractivity contribution in [2.45, 2.75) is 26.8 Å². The molecular weight excluding hydrogens is 394 g/mol. The van der Waals surface area contributed by atoms with Gasteiger partial charge in [0.25, 0.3) is 0 Å². The third-order valence-corrected chi connectivity index (χ3v) is 5.84. The zero-order chi connectivity index (χ0) is 20.1. The number of rotatable bonds is 6. The number of thiophene rings is 1. The van der Waals surface area contributed by atoms with Gasteiger partial charge in [-0.2, -0.15) is 0 Å². The lowest BCUT2D eigenvalue weighted by Gasteiger charge is -2.19. The van der Waals surface area contributed by atoms with Crippen molar-refractivity contribution in [1.82, 2.24) is 0 Å². The summed E-state index contributed by atoms with van der Waals surface area (Å²) in [7, 11) is 2.16. The van der Waals surface area contributed by atoms with Crippen LogP contribution >= 0.6 is 23.6 Å². The van der Waals surface area contributed by atoms with Crippen molar-refractivity contribution in [3.8, 4) is 5.75 Å². The van der Waals surface area contributed by atoms with E-state index in [-0.39, 0.29) is 5.97 Å². The van der Waals surface area contributed by atoms with Crippen LogP contribution in [0.3, 0.4) is 0 Å². The summed E-state index contributed by atoms with van der Waals surface area (Å²) in [6.07, 6.45) is 0.868. The molecule has 28 heavy (non-hydrogen) atoms. The number of thiocarbonyl (C=S) groups is 1. The Hall–Kier alpha value is -2.16. The highest BCUT2D eigenvalue weighted by atomic mass is 32.1. The van der Waals surface area contributed by atoms with E-state index in [4.69, 9.17) is 21.7 Å². The summed E-state index contributed by atoms with van der Waals surface area (Å²) in [6.45, 7) is 6.66. The summed E-state index contributed by atoms with van der Waals surface area (Å²) in [5, 5.41) is 7.56. The zero-order valence-corrected chi connectivity index (χ0v) is 18.0. The van der Waals surface area contributed by atoms with Crippen LogP contribution in [-0.2, 0) is 17.7 Å². The van der Waals surface area contributed by atoms with Crippen molar-refractivity contribution in [2.75, 3.05) is 37.4 Å². The van der Waals surface area contributed by atoms with Crippen LogP contribution in [0, 0.1) is 0 Å². The maximum absolute atomic E-state index is 12.6. The van der Waals surface area contributed by atoms with Crippen molar-refractivity contribution in [2.24, 2.45) is 0 Å². The molecule has 1 aliphatic rings. The molecule has 8 heteroatoms. The second kappa shape index (κ2) is 9.36. The predicted octanol–water partition coefficient (Wildman–Crippen LogP) is 2.70. The quantitative estimate of drug-likeness (QED) is 0.493. The standard InChI is InChI=1S/C20H25N3O3S2/c1-4-25-14-8-6-13(7-9-14)21-20(27)22-18-17(19(24)26-5-2)15-10-11-23(3)12-16(15)28-18/h6-9H,4-5,10-12H2,1-3H3,(H2,21,22,27)/p+1. The van der Waals surface area contributed by atoms with Crippen molar-refractivity contribution in [3.63, 3.8) is 0 Å². The number of nitrogens with one attached hydrogen (secondary N) is 3. The summed E-state index contributed by atoms with van der Waals surface area (Å²) < 4.78 is 10.8. The van der Waals surface area contributed by atoms with E-state index in [9.17, 15) is 4.79 Å². The fourth-order valence-corrected chi connectivity index (χ4v) is 4.83. The third-order valence-electron chi connectivity index (χ3n) is 4.48. The van der Waals surface area contributed by atoms with Crippen molar-refractivity contribution in [3.05, 3.63) is 40.3 Å². The largest absolute Gasteiger partial charge is 0.494 e. The number of carbonyl (C=O) groups is 1. The van der Waals surface area contributed by atoms with Crippen LogP contribution in [0.15, 0.2) is 24.3 Å². The predicted molar refractivity (Wildman–Crippen MR) is 117 cm³/mol. The topological polar surface area (TPSA) is 64.0 Å². The van der Waals surface area contributed by atoms with Gasteiger partial charge in [0.15, 0.2) is 5.11 Å². The Kier molecular flexibility index (Phi) is 6.88. The van der Waals surface area contributed by atoms with Gasteiger partial charge in [0, 0.05) is 12.1 Å². The number of benzene rings is 1. The molecule has 3 rings (SSSR count). The highest BCUT2D eigenvalue weighted by molar-refractivity contribution is 7.80. The molecule has 0 radical (unpaired) electrons. The van der Waals surface area contributed by atoms with Crippen LogP contribution in [0.25, 0.3) is 0 Å². The summed E-state index contributed by atoms with van der Waals surface area (Å²) in [5.41, 5.74) is 2.58. The number of anilines is 2. The number of carbonyl (C=O) groups excluding carboxylic acids is 1. The second-order valence-corrected chi connectivity index (χ2v) is 8.11. The maximum atomic E-state index is 12.6. The number of hydrogen-bond acceptors (Lipinski definition) is 5. The molecule has 6 nitrogen and oxygen atoms in total. The first-order valence-corrected chi connectivity index (χ1v) is 10.7. The Labute approximate surface area is 174 Å². The number of likely N-dealkylation sites (N-methyl/N-ethyl adjacent to an activating group) is 1. The molecule has 1 aromatic carbocycles. The van der Waals surface area contributed by atoms with Crippen LogP contribution < -0.4 is 20.3 Å². The molecule has 150 valence electrons. The van der Waals surface area contributed by atoms with Gasteiger partial charge in [-0.1, -0.05) is 0 Å². The molecule has 1 unspecified atom stereocenters. The van der Waals surface area contributed by atoms with Crippen LogP contribution in [0.4, 0.5) is 10.7 Å². The number of fused-ring (bicyclic) bond motifs is 1. The van der Waals surface area contributed by atoms with Gasteiger partial charge in [-0.25, -0.2) is 4.79 Å². The van der Waals surface area contributed by atoms with E-state index in [1.807, 2.05) is 38.1 Å². The van der Waals surface area contributed by atoms with Gasteiger partial charge >= 0.3 is 5.97 Å². The zero-order valence-electron chi connectivity index (χ0n) is 16.4. The molecule has 3 N–H and O–H groups in total. The highest BCUT2D eigenvalue weighted by Crippen LogP contribution is 2.35. The molecule has 0 spiro atoms. The normalized spacial score (nSPS) is 15.5. The van der Waals surface area contributed by atoms with Crippen molar-refractivity contribution in [1.29, 1.82) is 0 Å². The van der Waals surface area contributed by atoms with Crippen molar-refractivity contribution >= 4 is 45.3 Å². The SMILES string of the molecule is CCOC(=O)c1c(NC(=S)Nc2ccc(OCC)cc2)sc2c1CC[NH+](C)C2. The molecule has 1 atom stereocenters. The molecule has 1 aromatic heterocycles. The Morgan fingerprint density at radius 1 is 1.21 bits per heavy atom. The first-order valence-electron chi connectivity index (χ1n) is 9.45. The van der Waals surface area contributed by atoms with Crippen LogP contribution in [0.2, 0.25) is 0 Å². The smallest absolute Gasteiger partial charge is 0.341 e. The fourth-order valence-electron chi connectivity index (χ4n) is 3.19. The minimum absolute atomic E-state index is 0.286. The average molecular weight is 421 g/mol. The molecule has 1 aliphatic heterocycles. The molecule has 2 aromatic rings. The van der Waals surface area contributed by atoms with Crippen LogP contribution in [-0.4, -0.2) is 37.9 Å². The Bertz CT molecular complexity index is 849. The lowest BCUT2D eigenvalue weighted by Crippen LogP contribution is -3.08. The Morgan fingerprint density at radius 3 is 2.64 bits per heavy atom. The summed E-state index contributed by atoms with van der Waals surface area (Å²) in [4.78, 5) is 15.2. The van der Waals surface area contributed by atoms with Gasteiger partial charge in [-0.15, -0.1) is 11.3 Å². The number of hydrogen-bond donors (Lipinski definition) is 3. The van der Waals surface area contributed by atoms with Gasteiger partial charge in [0.2, 0.25) is 0 Å². The Morgan fingerprint density at radius 2 is 1.96 bits per heavy atom. The number of esters is 1. The summed E-state index contributed by atoms with van der Waals surface area (Å²) >= 11 is 7.06. The van der Waals surface area contributed by atoms with Crippen molar-refractivity contribution < 1.29 is 19.2 Å². The fraction of sp³-hybridized carbons (Fsp3) is 0.400. The van der Waals surface area contributed by atoms with Gasteiger partial charge in [0.05, 0.1) is 37.2 Å². The second-order valence-electron chi connectivity index (χ2n) is 6.60. The first-order chi connectivity index (χ1) is 13.5. The van der Waals surface area contributed by atoms with Gasteiger partial charge in [-0.05, 0) is 55.9 Å². The Balaban J connectivity index is 1.77. The van der Waals surface area contributed by atoms with Gasteiger partial charge < -0.3 is 25.0 Å². The monoisotopic (exact) mass is 420 g/mol. The van der Waals surface area contributed by atoms with E-state index >= 15 is 0 Å². The number of ether oxygens (including phenoxy) is 2. The van der Waals surface area contributed by atoms with Gasteiger partial charge in [0.1, 0.15) is 17.3 Å². The lowest BCUT2D eigenvalue weighted by atomic mass is 10.0. The van der Waals surface area contributed by atoms with E-state index < -0.39 is 0 Å². The van der Waals surface area contributed by atoms with E-state index in [1.54, 1.807) is 11.3 Å². The summed E-state index contributed by atoms with van der Waals surface area (Å²) in [6, 6.07) is 7.59. The van der Waals surface area contributed by atoms with E-state index in [0.717, 1.165) is 41.5 Å². The molecule has 0 saturated carbocycles. The van der Waals surface area contributed by atoms with Crippen LogP contribution in [0.5, 0.6) is 5.75 Å². The molecule has 0 bridgehead atoms. The summed E-state index contributed by atoms with van der Waals surface area (Å²) in [5.74, 6) is 0.528. The van der Waals surface area contributed by atoms with E-state index in [1.165, 1.54) is 9.78 Å². The molecular formula is C20H26N3O3S2+. The minimum atomic E-state index is -0.286.